The first-order chi connectivity index (χ1) is 7.29. The normalized spacial score (nSPS) is 21.3. The molecule has 1 rings (SSSR count). The summed E-state index contributed by atoms with van der Waals surface area (Å²) in [4.78, 5) is 35.0. The van der Waals surface area contributed by atoms with Crippen molar-refractivity contribution in [3.8, 4) is 0 Å². The Morgan fingerprint density at radius 2 is 2.12 bits per heavy atom. The topological polar surface area (TPSA) is 83.9 Å². The van der Waals surface area contributed by atoms with Crippen LogP contribution in [0.2, 0.25) is 0 Å². The number of amides is 2. The Hall–Kier alpha value is -1.43. The highest BCUT2D eigenvalue weighted by Gasteiger charge is 2.45. The molecule has 0 aromatic rings. The maximum Gasteiger partial charge on any atom is 0.334 e. The summed E-state index contributed by atoms with van der Waals surface area (Å²) in [6, 6.07) is 0. The van der Waals surface area contributed by atoms with Crippen molar-refractivity contribution >= 4 is 17.8 Å². The molecule has 0 saturated carbocycles. The van der Waals surface area contributed by atoms with Crippen LogP contribution >= 0.6 is 0 Å². The van der Waals surface area contributed by atoms with Crippen LogP contribution in [0.4, 0.5) is 0 Å². The van der Waals surface area contributed by atoms with E-state index in [4.69, 9.17) is 9.84 Å². The summed E-state index contributed by atoms with van der Waals surface area (Å²) in [5.74, 6) is -1.88. The third kappa shape index (κ3) is 2.21. The largest absolute Gasteiger partial charge is 0.479 e. The van der Waals surface area contributed by atoms with Crippen LogP contribution in [0, 0.1) is 5.41 Å². The van der Waals surface area contributed by atoms with Crippen LogP contribution in [-0.4, -0.2) is 47.5 Å². The number of carbonyl (C=O) groups is 3. The van der Waals surface area contributed by atoms with Gasteiger partial charge in [-0.3, -0.25) is 14.5 Å². The average Bonchev–Trinajstić information content (AvgIpc) is 2.34. The first-order valence-electron chi connectivity index (χ1n) is 4.90. The number of hydrogen-bond acceptors (Lipinski definition) is 4. The molecule has 1 atom stereocenters. The lowest BCUT2D eigenvalue weighted by molar-refractivity contribution is -0.152. The predicted molar refractivity (Wildman–Crippen MR) is 53.6 cm³/mol. The molecule has 0 bridgehead atoms. The van der Waals surface area contributed by atoms with Crippen LogP contribution in [-0.2, 0) is 19.1 Å². The zero-order valence-electron chi connectivity index (χ0n) is 9.52. The van der Waals surface area contributed by atoms with E-state index < -0.39 is 17.5 Å². The van der Waals surface area contributed by atoms with Crippen LogP contribution in [0.3, 0.4) is 0 Å². The number of carboxylic acids is 1. The third-order valence-electron chi connectivity index (χ3n) is 2.63. The standard InChI is InChI=1S/C10H15NO5/c1-10(2)4-7(12)11(9(10)15)5-6(16-3)8(13)14/h6H,4-5H2,1-3H3,(H,13,14). The van der Waals surface area contributed by atoms with Gasteiger partial charge in [0, 0.05) is 13.5 Å². The fraction of sp³-hybridized carbons (Fsp3) is 0.700. The molecule has 1 saturated heterocycles. The van der Waals surface area contributed by atoms with E-state index in [0.29, 0.717) is 0 Å². The van der Waals surface area contributed by atoms with Gasteiger partial charge >= 0.3 is 5.97 Å². The number of aliphatic carboxylic acids is 1. The molecule has 0 aliphatic carbocycles. The zero-order chi connectivity index (χ0) is 12.5. The zero-order valence-corrected chi connectivity index (χ0v) is 9.52. The lowest BCUT2D eigenvalue weighted by atomic mass is 9.92. The van der Waals surface area contributed by atoms with E-state index in [2.05, 4.69) is 0 Å². The number of imide groups is 1. The summed E-state index contributed by atoms with van der Waals surface area (Å²) in [7, 11) is 1.23. The smallest absolute Gasteiger partial charge is 0.334 e. The molecular formula is C10H15NO5. The summed E-state index contributed by atoms with van der Waals surface area (Å²) < 4.78 is 4.69. The minimum absolute atomic E-state index is 0.113. The molecule has 2 amide bonds. The Bertz CT molecular complexity index is 336. The molecule has 16 heavy (non-hydrogen) atoms. The van der Waals surface area contributed by atoms with Crippen LogP contribution in [0.5, 0.6) is 0 Å². The van der Waals surface area contributed by atoms with E-state index in [-0.39, 0.29) is 24.8 Å². The molecule has 6 heteroatoms. The highest BCUT2D eigenvalue weighted by molar-refractivity contribution is 6.05. The number of likely N-dealkylation sites (tertiary alicyclic amines) is 1. The van der Waals surface area contributed by atoms with E-state index in [1.807, 2.05) is 0 Å². The van der Waals surface area contributed by atoms with E-state index in [9.17, 15) is 14.4 Å². The first-order valence-corrected chi connectivity index (χ1v) is 4.90. The molecule has 0 aromatic heterocycles. The minimum atomic E-state index is -1.19. The number of ether oxygens (including phenoxy) is 1. The Morgan fingerprint density at radius 1 is 1.56 bits per heavy atom. The van der Waals surface area contributed by atoms with Gasteiger partial charge in [0.1, 0.15) is 0 Å². The van der Waals surface area contributed by atoms with Gasteiger partial charge in [-0.25, -0.2) is 4.79 Å². The van der Waals surface area contributed by atoms with Crippen molar-refractivity contribution in [1.29, 1.82) is 0 Å². The summed E-state index contributed by atoms with van der Waals surface area (Å²) in [6.07, 6.45) is -1.05. The maximum atomic E-state index is 11.8. The van der Waals surface area contributed by atoms with Crippen molar-refractivity contribution in [3.63, 3.8) is 0 Å². The Morgan fingerprint density at radius 3 is 2.44 bits per heavy atom. The van der Waals surface area contributed by atoms with Gasteiger partial charge in [0.15, 0.2) is 6.10 Å². The van der Waals surface area contributed by atoms with Crippen molar-refractivity contribution in [2.24, 2.45) is 5.41 Å². The average molecular weight is 229 g/mol. The van der Waals surface area contributed by atoms with Gasteiger partial charge in [-0.05, 0) is 0 Å². The summed E-state index contributed by atoms with van der Waals surface area (Å²) in [5.41, 5.74) is -0.742. The molecule has 1 fully saturated rings. The number of methoxy groups -OCH3 is 1. The van der Waals surface area contributed by atoms with Crippen molar-refractivity contribution in [2.45, 2.75) is 26.4 Å². The second-order valence-electron chi connectivity index (χ2n) is 4.43. The monoisotopic (exact) mass is 229 g/mol. The van der Waals surface area contributed by atoms with Gasteiger partial charge in [-0.1, -0.05) is 13.8 Å². The quantitative estimate of drug-likeness (QED) is 0.679. The van der Waals surface area contributed by atoms with E-state index >= 15 is 0 Å². The van der Waals surface area contributed by atoms with Gasteiger partial charge in [0.2, 0.25) is 11.8 Å². The fourth-order valence-electron chi connectivity index (χ4n) is 1.63. The maximum absolute atomic E-state index is 11.8. The molecule has 6 nitrogen and oxygen atoms in total. The molecule has 1 unspecified atom stereocenters. The Kier molecular flexibility index (Phi) is 3.32. The summed E-state index contributed by atoms with van der Waals surface area (Å²) in [5, 5.41) is 8.76. The molecule has 1 heterocycles. The second-order valence-corrected chi connectivity index (χ2v) is 4.43. The summed E-state index contributed by atoms with van der Waals surface area (Å²) in [6.45, 7) is 3.10. The number of carboxylic acid groups (broad SMARTS) is 1. The fourth-order valence-corrected chi connectivity index (χ4v) is 1.63. The van der Waals surface area contributed by atoms with E-state index in [0.717, 1.165) is 4.90 Å². The highest BCUT2D eigenvalue weighted by Crippen LogP contribution is 2.31. The van der Waals surface area contributed by atoms with Gasteiger partial charge in [0.05, 0.1) is 12.0 Å². The number of nitrogens with zero attached hydrogens (tertiary/aromatic N) is 1. The molecule has 1 N–H and O–H groups in total. The van der Waals surface area contributed by atoms with Crippen LogP contribution < -0.4 is 0 Å². The van der Waals surface area contributed by atoms with E-state index in [1.165, 1.54) is 7.11 Å². The molecule has 90 valence electrons. The third-order valence-corrected chi connectivity index (χ3v) is 2.63. The lowest BCUT2D eigenvalue weighted by Crippen LogP contribution is -2.42. The number of rotatable bonds is 4. The molecule has 1 aliphatic rings. The number of carbonyl (C=O) groups excluding carboxylic acids is 2. The van der Waals surface area contributed by atoms with Crippen molar-refractivity contribution < 1.29 is 24.2 Å². The van der Waals surface area contributed by atoms with Crippen LogP contribution in [0.1, 0.15) is 20.3 Å². The van der Waals surface area contributed by atoms with Crippen molar-refractivity contribution in [1.82, 2.24) is 4.90 Å². The van der Waals surface area contributed by atoms with Gasteiger partial charge in [0.25, 0.3) is 0 Å². The Balaban J connectivity index is 2.79. The lowest BCUT2D eigenvalue weighted by Gasteiger charge is -2.20. The molecule has 1 aliphatic heterocycles. The predicted octanol–water partition coefficient (Wildman–Crippen LogP) is -0.129. The van der Waals surface area contributed by atoms with Crippen LogP contribution in [0.25, 0.3) is 0 Å². The van der Waals surface area contributed by atoms with Crippen molar-refractivity contribution in [3.05, 3.63) is 0 Å². The second kappa shape index (κ2) is 4.21. The number of hydrogen-bond donors (Lipinski definition) is 1. The Labute approximate surface area is 93.2 Å². The summed E-state index contributed by atoms with van der Waals surface area (Å²) >= 11 is 0. The van der Waals surface area contributed by atoms with Gasteiger partial charge in [-0.2, -0.15) is 0 Å². The molecule has 0 aromatic carbocycles. The first kappa shape index (κ1) is 12.6. The van der Waals surface area contributed by atoms with E-state index in [1.54, 1.807) is 13.8 Å². The highest BCUT2D eigenvalue weighted by atomic mass is 16.5. The van der Waals surface area contributed by atoms with Crippen LogP contribution in [0.15, 0.2) is 0 Å². The SMILES string of the molecule is COC(CN1C(=O)CC(C)(C)C1=O)C(=O)O. The molecule has 0 spiro atoms. The molecular weight excluding hydrogens is 214 g/mol. The van der Waals surface area contributed by atoms with Gasteiger partial charge in [-0.15, -0.1) is 0 Å². The molecule has 0 radical (unpaired) electrons. The van der Waals surface area contributed by atoms with Crippen molar-refractivity contribution in [2.75, 3.05) is 13.7 Å². The van der Waals surface area contributed by atoms with Gasteiger partial charge < -0.3 is 9.84 Å². The minimum Gasteiger partial charge on any atom is -0.479 e.